The molecule has 2 aromatic rings. The molecule has 3 rings (SSSR count). The molecular formula is C23H28BrNO4S. The van der Waals surface area contributed by atoms with Crippen molar-refractivity contribution in [3.8, 4) is 5.75 Å². The van der Waals surface area contributed by atoms with Gasteiger partial charge < -0.3 is 14.8 Å². The van der Waals surface area contributed by atoms with Crippen LogP contribution in [0.2, 0.25) is 0 Å². The molecule has 0 saturated heterocycles. The maximum atomic E-state index is 12.7. The van der Waals surface area contributed by atoms with E-state index in [0.717, 1.165) is 34.9 Å². The van der Waals surface area contributed by atoms with Gasteiger partial charge in [-0.1, -0.05) is 36.7 Å². The van der Waals surface area contributed by atoms with E-state index in [2.05, 4.69) is 42.0 Å². The Morgan fingerprint density at radius 3 is 2.80 bits per heavy atom. The van der Waals surface area contributed by atoms with E-state index in [1.165, 1.54) is 16.2 Å². The number of halogens is 1. The van der Waals surface area contributed by atoms with Crippen molar-refractivity contribution in [1.82, 2.24) is 0 Å². The smallest absolute Gasteiger partial charge is 0.341 e. The molecule has 30 heavy (non-hydrogen) atoms. The zero-order valence-electron chi connectivity index (χ0n) is 17.8. The molecule has 5 nitrogen and oxygen atoms in total. The molecule has 0 spiro atoms. The number of hydrogen-bond donors (Lipinski definition) is 1. The quantitative estimate of drug-likeness (QED) is 0.461. The van der Waals surface area contributed by atoms with Crippen LogP contribution < -0.4 is 10.1 Å². The summed E-state index contributed by atoms with van der Waals surface area (Å²) in [6.45, 7) is 8.26. The Balaban J connectivity index is 1.78. The van der Waals surface area contributed by atoms with Crippen LogP contribution in [0.15, 0.2) is 22.7 Å². The van der Waals surface area contributed by atoms with Crippen molar-refractivity contribution < 1.29 is 19.1 Å². The number of ether oxygens (including phenoxy) is 2. The number of fused-ring (bicyclic) bond motifs is 1. The van der Waals surface area contributed by atoms with Crippen LogP contribution in [-0.2, 0) is 16.0 Å². The van der Waals surface area contributed by atoms with E-state index in [-0.39, 0.29) is 30.3 Å². The molecular weight excluding hydrogens is 466 g/mol. The number of aryl methyl sites for hydroxylation is 1. The van der Waals surface area contributed by atoms with Crippen LogP contribution in [0.5, 0.6) is 5.75 Å². The third-order valence-corrected chi connectivity index (χ3v) is 6.91. The highest BCUT2D eigenvalue weighted by molar-refractivity contribution is 9.10. The first kappa shape index (κ1) is 22.8. The normalized spacial score (nSPS) is 15.6. The van der Waals surface area contributed by atoms with Crippen LogP contribution in [0.1, 0.15) is 78.7 Å². The average molecular weight is 494 g/mol. The molecule has 1 unspecified atom stereocenters. The minimum Gasteiger partial charge on any atom is -0.483 e. The van der Waals surface area contributed by atoms with E-state index in [1.807, 2.05) is 18.2 Å². The van der Waals surface area contributed by atoms with Crippen molar-refractivity contribution in [1.29, 1.82) is 0 Å². The number of benzene rings is 1. The summed E-state index contributed by atoms with van der Waals surface area (Å²) in [5.41, 5.74) is 2.59. The van der Waals surface area contributed by atoms with E-state index in [9.17, 15) is 9.59 Å². The molecule has 0 aliphatic heterocycles. The van der Waals surface area contributed by atoms with Crippen LogP contribution in [0, 0.1) is 0 Å². The number of carbonyl (C=O) groups excluding carboxylic acids is 2. The number of thiophene rings is 1. The first-order valence-electron chi connectivity index (χ1n) is 10.4. The minimum absolute atomic E-state index is 0.123. The Morgan fingerprint density at radius 2 is 2.10 bits per heavy atom. The molecule has 0 bridgehead atoms. The fourth-order valence-electron chi connectivity index (χ4n) is 3.81. The number of anilines is 1. The molecule has 1 amide bonds. The van der Waals surface area contributed by atoms with Gasteiger partial charge >= 0.3 is 5.97 Å². The lowest BCUT2D eigenvalue weighted by atomic mass is 9.86. The van der Waals surface area contributed by atoms with Gasteiger partial charge in [-0.2, -0.15) is 0 Å². The summed E-state index contributed by atoms with van der Waals surface area (Å²) in [6.07, 6.45) is 3.06. The summed E-state index contributed by atoms with van der Waals surface area (Å²) in [5, 5.41) is 3.47. The summed E-state index contributed by atoms with van der Waals surface area (Å²) < 4.78 is 12.1. The number of nitrogens with one attached hydrogen (secondary N) is 1. The second-order valence-corrected chi connectivity index (χ2v) is 9.85. The second kappa shape index (κ2) is 9.96. The fourth-order valence-corrected chi connectivity index (χ4v) is 5.56. The van der Waals surface area contributed by atoms with E-state index in [0.29, 0.717) is 22.9 Å². The molecule has 1 aromatic heterocycles. The molecule has 1 N–H and O–H groups in total. The van der Waals surface area contributed by atoms with E-state index in [1.54, 1.807) is 6.92 Å². The molecule has 0 fully saturated rings. The molecule has 1 atom stereocenters. The highest BCUT2D eigenvalue weighted by Crippen LogP contribution is 2.43. The van der Waals surface area contributed by atoms with Crippen LogP contribution in [-0.4, -0.2) is 25.1 Å². The summed E-state index contributed by atoms with van der Waals surface area (Å²) in [5.74, 6) is 0.580. The van der Waals surface area contributed by atoms with E-state index >= 15 is 0 Å². The molecule has 162 valence electrons. The van der Waals surface area contributed by atoms with Crippen molar-refractivity contribution in [2.75, 3.05) is 18.5 Å². The van der Waals surface area contributed by atoms with Gasteiger partial charge in [0, 0.05) is 9.35 Å². The Bertz CT molecular complexity index is 938. The summed E-state index contributed by atoms with van der Waals surface area (Å²) >= 11 is 4.96. The zero-order valence-corrected chi connectivity index (χ0v) is 20.2. The third-order valence-electron chi connectivity index (χ3n) is 5.24. The van der Waals surface area contributed by atoms with Gasteiger partial charge in [-0.15, -0.1) is 11.3 Å². The number of carbonyl (C=O) groups is 2. The van der Waals surface area contributed by atoms with Gasteiger partial charge in [-0.25, -0.2) is 4.79 Å². The minimum atomic E-state index is -0.366. The predicted octanol–water partition coefficient (Wildman–Crippen LogP) is 6.27. The summed E-state index contributed by atoms with van der Waals surface area (Å²) in [7, 11) is 0. The van der Waals surface area contributed by atoms with Gasteiger partial charge in [0.05, 0.1) is 12.2 Å². The SMILES string of the molecule is CCOC(=O)c1c(NC(=O)COc2ccc(Br)cc2C(C)C)sc2c1C(C)CCC2. The maximum absolute atomic E-state index is 12.7. The Morgan fingerprint density at radius 1 is 1.33 bits per heavy atom. The molecule has 7 heteroatoms. The summed E-state index contributed by atoms with van der Waals surface area (Å²) in [4.78, 5) is 26.5. The van der Waals surface area contributed by atoms with Gasteiger partial charge in [-0.05, 0) is 67.3 Å². The lowest BCUT2D eigenvalue weighted by Gasteiger charge is -2.19. The van der Waals surface area contributed by atoms with Gasteiger partial charge in [-0.3, -0.25) is 4.79 Å². The van der Waals surface area contributed by atoms with Crippen molar-refractivity contribution in [2.45, 2.75) is 58.8 Å². The Hall–Kier alpha value is -1.86. The third kappa shape index (κ3) is 5.06. The molecule has 1 heterocycles. The predicted molar refractivity (Wildman–Crippen MR) is 124 cm³/mol. The number of hydrogen-bond acceptors (Lipinski definition) is 5. The lowest BCUT2D eigenvalue weighted by Crippen LogP contribution is -2.22. The maximum Gasteiger partial charge on any atom is 0.341 e. The van der Waals surface area contributed by atoms with Crippen LogP contribution in [0.3, 0.4) is 0 Å². The van der Waals surface area contributed by atoms with Gasteiger partial charge in [0.25, 0.3) is 5.91 Å². The highest BCUT2D eigenvalue weighted by atomic mass is 79.9. The topological polar surface area (TPSA) is 64.6 Å². The average Bonchev–Trinajstić information content (AvgIpc) is 3.06. The van der Waals surface area contributed by atoms with Crippen molar-refractivity contribution >= 4 is 44.1 Å². The molecule has 1 aromatic carbocycles. The van der Waals surface area contributed by atoms with Crippen LogP contribution in [0.4, 0.5) is 5.00 Å². The number of esters is 1. The van der Waals surface area contributed by atoms with Crippen molar-refractivity contribution in [3.63, 3.8) is 0 Å². The first-order chi connectivity index (χ1) is 14.3. The van der Waals surface area contributed by atoms with Crippen molar-refractivity contribution in [3.05, 3.63) is 44.2 Å². The first-order valence-corrected chi connectivity index (χ1v) is 12.0. The van der Waals surface area contributed by atoms with E-state index in [4.69, 9.17) is 9.47 Å². The van der Waals surface area contributed by atoms with Gasteiger partial charge in [0.2, 0.25) is 0 Å². The Kier molecular flexibility index (Phi) is 7.58. The van der Waals surface area contributed by atoms with E-state index < -0.39 is 0 Å². The molecule has 0 radical (unpaired) electrons. The summed E-state index contributed by atoms with van der Waals surface area (Å²) in [6, 6.07) is 5.76. The Labute approximate surface area is 190 Å². The lowest BCUT2D eigenvalue weighted by molar-refractivity contribution is -0.118. The van der Waals surface area contributed by atoms with Crippen LogP contribution >= 0.6 is 27.3 Å². The molecule has 1 aliphatic carbocycles. The highest BCUT2D eigenvalue weighted by Gasteiger charge is 2.30. The standard InChI is InChI=1S/C23H28BrNO4S/c1-5-28-23(27)21-20-14(4)7-6-8-18(20)30-22(21)25-19(26)12-29-17-10-9-15(24)11-16(17)13(2)3/h9-11,13-14H,5-8,12H2,1-4H3,(H,25,26). The molecule has 0 saturated carbocycles. The zero-order chi connectivity index (χ0) is 21.8. The number of amides is 1. The fraction of sp³-hybridized carbons (Fsp3) is 0.478. The monoisotopic (exact) mass is 493 g/mol. The van der Waals surface area contributed by atoms with Gasteiger partial charge in [0.1, 0.15) is 10.8 Å². The molecule has 1 aliphatic rings. The largest absolute Gasteiger partial charge is 0.483 e. The second-order valence-electron chi connectivity index (χ2n) is 7.83. The van der Waals surface area contributed by atoms with Crippen molar-refractivity contribution in [2.24, 2.45) is 0 Å². The number of rotatable bonds is 7. The van der Waals surface area contributed by atoms with Crippen LogP contribution in [0.25, 0.3) is 0 Å². The van der Waals surface area contributed by atoms with Gasteiger partial charge in [0.15, 0.2) is 6.61 Å².